The standard InChI is InChI=1S/C43H81NO5.C5H12O2.C4H10.C2H6/c1-5-7-9-11-13-15-17-19-21-23-25-27-29-31-33-35-37-48-43(47)40(38-49-42(46)39(3)4)44-41(45)36-34-32-30-28-26-24-22-20-18-16-14-12-10-8-6-2;1-5(2,7)3-4-6;1-4(2)3;1-2/h40H,3,5-38H2,1-2,4H3,(H,44,45);6-7H,3-4H2,1-2H3;4H,1-3H3;1-2H3. The van der Waals surface area contributed by atoms with Crippen molar-refractivity contribution in [1.29, 1.82) is 0 Å². The van der Waals surface area contributed by atoms with Gasteiger partial charge in [0.25, 0.3) is 0 Å². The van der Waals surface area contributed by atoms with Gasteiger partial charge in [-0.25, -0.2) is 9.59 Å². The summed E-state index contributed by atoms with van der Waals surface area (Å²) in [5.74, 6) is -0.488. The molecule has 62 heavy (non-hydrogen) atoms. The lowest BCUT2D eigenvalue weighted by Gasteiger charge is -2.18. The third-order valence-electron chi connectivity index (χ3n) is 10.3. The number of amides is 1. The largest absolute Gasteiger partial charge is 0.464 e. The maximum atomic E-state index is 12.8. The monoisotopic (exact) mass is 884 g/mol. The van der Waals surface area contributed by atoms with Crippen LogP contribution in [0.4, 0.5) is 0 Å². The Bertz CT molecular complexity index is 943. The number of unbranched alkanes of at least 4 members (excludes halogenated alkanes) is 29. The van der Waals surface area contributed by atoms with Gasteiger partial charge in [-0.15, -0.1) is 0 Å². The van der Waals surface area contributed by atoms with Crippen LogP contribution in [-0.2, 0) is 23.9 Å². The van der Waals surface area contributed by atoms with Crippen LogP contribution in [0.15, 0.2) is 12.2 Å². The van der Waals surface area contributed by atoms with Gasteiger partial charge in [-0.3, -0.25) is 4.79 Å². The van der Waals surface area contributed by atoms with Gasteiger partial charge in [0.2, 0.25) is 5.91 Å². The van der Waals surface area contributed by atoms with Crippen molar-refractivity contribution in [2.75, 3.05) is 19.8 Å². The van der Waals surface area contributed by atoms with Crippen molar-refractivity contribution >= 4 is 17.8 Å². The lowest BCUT2D eigenvalue weighted by atomic mass is 10.0. The number of hydrogen-bond donors (Lipinski definition) is 3. The minimum absolute atomic E-state index is 0.0590. The van der Waals surface area contributed by atoms with Crippen LogP contribution >= 0.6 is 0 Å². The zero-order valence-electron chi connectivity index (χ0n) is 43.3. The summed E-state index contributed by atoms with van der Waals surface area (Å²) in [7, 11) is 0. The van der Waals surface area contributed by atoms with E-state index in [1.165, 1.54) is 161 Å². The van der Waals surface area contributed by atoms with Crippen molar-refractivity contribution in [3.63, 3.8) is 0 Å². The highest BCUT2D eigenvalue weighted by Crippen LogP contribution is 2.16. The topological polar surface area (TPSA) is 122 Å². The number of aliphatic hydroxyl groups excluding tert-OH is 1. The summed E-state index contributed by atoms with van der Waals surface area (Å²) < 4.78 is 10.7. The number of nitrogens with one attached hydrogen (secondary N) is 1. The maximum Gasteiger partial charge on any atom is 0.333 e. The van der Waals surface area contributed by atoms with E-state index in [1.54, 1.807) is 20.8 Å². The molecule has 0 rings (SSSR count). The average molecular weight is 884 g/mol. The third kappa shape index (κ3) is 62.4. The molecule has 0 aliphatic heterocycles. The van der Waals surface area contributed by atoms with Gasteiger partial charge in [-0.1, -0.05) is 241 Å². The van der Waals surface area contributed by atoms with Gasteiger partial charge in [0.1, 0.15) is 6.61 Å². The number of aliphatic hydroxyl groups is 2. The first-order chi connectivity index (χ1) is 29.7. The number of carbonyl (C=O) groups is 3. The zero-order chi connectivity index (χ0) is 47.5. The minimum atomic E-state index is -0.992. The Morgan fingerprint density at radius 1 is 0.565 bits per heavy atom. The fourth-order valence-electron chi connectivity index (χ4n) is 6.57. The second kappa shape index (κ2) is 53.4. The van der Waals surface area contributed by atoms with Gasteiger partial charge in [-0.05, 0) is 46.0 Å². The quantitative estimate of drug-likeness (QED) is 0.0318. The Balaban J connectivity index is -0.00000112. The van der Waals surface area contributed by atoms with E-state index in [1.807, 2.05) is 13.8 Å². The highest BCUT2D eigenvalue weighted by Gasteiger charge is 2.24. The molecule has 0 heterocycles. The first-order valence-corrected chi connectivity index (χ1v) is 26.3. The average Bonchev–Trinajstić information content (AvgIpc) is 3.22. The normalized spacial score (nSPS) is 11.3. The van der Waals surface area contributed by atoms with Gasteiger partial charge < -0.3 is 25.0 Å². The van der Waals surface area contributed by atoms with Gasteiger partial charge in [0.15, 0.2) is 6.04 Å². The fourth-order valence-corrected chi connectivity index (χ4v) is 6.57. The molecule has 0 spiro atoms. The van der Waals surface area contributed by atoms with Gasteiger partial charge in [-0.2, -0.15) is 0 Å². The van der Waals surface area contributed by atoms with Crippen molar-refractivity contribution < 1.29 is 34.1 Å². The molecule has 0 aromatic carbocycles. The van der Waals surface area contributed by atoms with Crippen LogP contribution in [0.2, 0.25) is 0 Å². The first-order valence-electron chi connectivity index (χ1n) is 26.3. The molecule has 0 bridgehead atoms. The molecule has 0 aromatic heterocycles. The molecular formula is C54H109NO7. The molecule has 0 saturated carbocycles. The van der Waals surface area contributed by atoms with Crippen molar-refractivity contribution in [3.05, 3.63) is 12.2 Å². The van der Waals surface area contributed by atoms with E-state index in [9.17, 15) is 14.4 Å². The van der Waals surface area contributed by atoms with Gasteiger partial charge in [0.05, 0.1) is 12.2 Å². The Labute approximate surface area is 386 Å². The van der Waals surface area contributed by atoms with E-state index in [4.69, 9.17) is 19.7 Å². The lowest BCUT2D eigenvalue weighted by Crippen LogP contribution is -2.45. The van der Waals surface area contributed by atoms with E-state index in [0.29, 0.717) is 19.4 Å². The number of esters is 2. The number of carbonyl (C=O) groups excluding carboxylic acids is 3. The van der Waals surface area contributed by atoms with E-state index in [0.717, 1.165) is 44.4 Å². The predicted octanol–water partition coefficient (Wildman–Crippen LogP) is 15.5. The molecule has 0 aromatic rings. The van der Waals surface area contributed by atoms with E-state index in [-0.39, 0.29) is 24.7 Å². The molecule has 8 heteroatoms. The molecule has 0 aliphatic rings. The van der Waals surface area contributed by atoms with Crippen molar-refractivity contribution in [2.24, 2.45) is 5.92 Å². The van der Waals surface area contributed by atoms with Crippen LogP contribution in [0.1, 0.15) is 281 Å². The van der Waals surface area contributed by atoms with E-state index in [2.05, 4.69) is 46.5 Å². The highest BCUT2D eigenvalue weighted by atomic mass is 16.6. The summed E-state index contributed by atoms with van der Waals surface area (Å²) in [5.41, 5.74) is -0.446. The molecule has 1 atom stereocenters. The predicted molar refractivity (Wildman–Crippen MR) is 268 cm³/mol. The van der Waals surface area contributed by atoms with Crippen LogP contribution in [0.3, 0.4) is 0 Å². The Kier molecular flexibility index (Phi) is 57.4. The van der Waals surface area contributed by atoms with Crippen LogP contribution in [0.5, 0.6) is 0 Å². The molecule has 372 valence electrons. The lowest BCUT2D eigenvalue weighted by molar-refractivity contribution is -0.152. The summed E-state index contributed by atoms with van der Waals surface area (Å²) >= 11 is 0. The summed E-state index contributed by atoms with van der Waals surface area (Å²) in [4.78, 5) is 37.3. The summed E-state index contributed by atoms with van der Waals surface area (Å²) in [6.07, 6.45) is 40.5. The SMILES string of the molecule is C=C(C)C(=O)OCC(NC(=O)CCCCCCCCCCCCCCCCC)C(=O)OCCCCCCCCCCCCCCCCCC.CC.CC(C)(O)CCO.CC(C)C. The minimum Gasteiger partial charge on any atom is -0.464 e. The van der Waals surface area contributed by atoms with Crippen molar-refractivity contribution in [1.82, 2.24) is 5.32 Å². The fraction of sp³-hybridized carbons (Fsp3) is 0.907. The summed E-state index contributed by atoms with van der Waals surface area (Å²) in [6.45, 7) is 23.7. The summed E-state index contributed by atoms with van der Waals surface area (Å²) in [5, 5.41) is 19.8. The Morgan fingerprint density at radius 2 is 0.871 bits per heavy atom. The highest BCUT2D eigenvalue weighted by molar-refractivity contribution is 5.88. The zero-order valence-corrected chi connectivity index (χ0v) is 43.3. The Morgan fingerprint density at radius 3 is 1.15 bits per heavy atom. The third-order valence-corrected chi connectivity index (χ3v) is 10.3. The first kappa shape index (κ1) is 66.7. The second-order valence-corrected chi connectivity index (χ2v) is 18.7. The number of hydrogen-bond acceptors (Lipinski definition) is 7. The smallest absolute Gasteiger partial charge is 0.333 e. The summed E-state index contributed by atoms with van der Waals surface area (Å²) in [6, 6.07) is -0.992. The van der Waals surface area contributed by atoms with Crippen LogP contribution in [-0.4, -0.2) is 59.5 Å². The van der Waals surface area contributed by atoms with Crippen molar-refractivity contribution in [3.8, 4) is 0 Å². The number of rotatable bonds is 40. The molecule has 8 nitrogen and oxygen atoms in total. The number of ether oxygens (including phenoxy) is 2. The molecule has 3 N–H and O–H groups in total. The van der Waals surface area contributed by atoms with E-state index < -0.39 is 23.6 Å². The van der Waals surface area contributed by atoms with Gasteiger partial charge in [0, 0.05) is 18.6 Å². The van der Waals surface area contributed by atoms with Crippen molar-refractivity contribution in [2.45, 2.75) is 293 Å². The Hall–Kier alpha value is -1.93. The molecule has 0 saturated heterocycles. The molecule has 0 radical (unpaired) electrons. The molecule has 1 amide bonds. The maximum absolute atomic E-state index is 12.8. The van der Waals surface area contributed by atoms with E-state index >= 15 is 0 Å². The van der Waals surface area contributed by atoms with Crippen LogP contribution in [0, 0.1) is 5.92 Å². The second-order valence-electron chi connectivity index (χ2n) is 18.7. The van der Waals surface area contributed by atoms with Crippen LogP contribution in [0.25, 0.3) is 0 Å². The molecule has 1 unspecified atom stereocenters. The molecule has 0 aliphatic carbocycles. The molecular weight excluding hydrogens is 775 g/mol. The van der Waals surface area contributed by atoms with Crippen LogP contribution < -0.4 is 5.32 Å². The molecule has 0 fully saturated rings. The van der Waals surface area contributed by atoms with Gasteiger partial charge >= 0.3 is 11.9 Å².